The van der Waals surface area contributed by atoms with Crippen LogP contribution < -0.4 is 4.72 Å². The first kappa shape index (κ1) is 15.8. The van der Waals surface area contributed by atoms with Crippen LogP contribution in [0.5, 0.6) is 0 Å². The third-order valence-corrected chi connectivity index (χ3v) is 4.91. The van der Waals surface area contributed by atoms with Gasteiger partial charge in [0, 0.05) is 17.1 Å². The van der Waals surface area contributed by atoms with Crippen molar-refractivity contribution in [2.45, 2.75) is 11.3 Å². The van der Waals surface area contributed by atoms with Crippen LogP contribution in [0.3, 0.4) is 0 Å². The molecular weight excluding hydrogens is 322 g/mol. The number of aromatic amines is 1. The maximum atomic E-state index is 12.3. The number of hydrogen-bond acceptors (Lipinski definition) is 3. The second kappa shape index (κ2) is 6.60. The molecule has 2 aromatic carbocycles. The molecule has 2 N–H and O–H groups in total. The van der Waals surface area contributed by atoms with Crippen molar-refractivity contribution in [3.8, 4) is 17.3 Å². The minimum atomic E-state index is -3.59. The summed E-state index contributed by atoms with van der Waals surface area (Å²) in [5.41, 5.74) is 3.15. The Morgan fingerprint density at radius 2 is 1.67 bits per heavy atom. The summed E-state index contributed by atoms with van der Waals surface area (Å²) in [5.74, 6) is 0. The summed E-state index contributed by atoms with van der Waals surface area (Å²) in [6.45, 7) is 0. The highest BCUT2D eigenvalue weighted by molar-refractivity contribution is 7.92. The van der Waals surface area contributed by atoms with Crippen molar-refractivity contribution in [2.24, 2.45) is 0 Å². The van der Waals surface area contributed by atoms with E-state index in [0.717, 1.165) is 17.0 Å². The van der Waals surface area contributed by atoms with Crippen LogP contribution in [0.2, 0.25) is 0 Å². The van der Waals surface area contributed by atoms with Gasteiger partial charge in [-0.2, -0.15) is 5.26 Å². The summed E-state index contributed by atoms with van der Waals surface area (Å²) in [5, 5.41) is 8.70. The van der Waals surface area contributed by atoms with Crippen LogP contribution in [0, 0.1) is 11.3 Å². The molecule has 1 aromatic heterocycles. The van der Waals surface area contributed by atoms with E-state index in [4.69, 9.17) is 5.26 Å². The van der Waals surface area contributed by atoms with Crippen molar-refractivity contribution >= 4 is 15.7 Å². The van der Waals surface area contributed by atoms with E-state index in [0.29, 0.717) is 12.1 Å². The van der Waals surface area contributed by atoms with E-state index in [1.807, 2.05) is 24.3 Å². The van der Waals surface area contributed by atoms with Gasteiger partial charge in [-0.15, -0.1) is 0 Å². The zero-order chi connectivity index (χ0) is 17.0. The van der Waals surface area contributed by atoms with E-state index in [1.165, 1.54) is 0 Å². The van der Waals surface area contributed by atoms with Crippen LogP contribution in [0.15, 0.2) is 71.6 Å². The molecule has 0 aliphatic carbocycles. The summed E-state index contributed by atoms with van der Waals surface area (Å²) in [4.78, 5) is 3.38. The van der Waals surface area contributed by atoms with E-state index >= 15 is 0 Å². The molecular formula is C18H15N3O2S. The number of nitrogens with zero attached hydrogens (tertiary/aromatic N) is 1. The number of rotatable bonds is 5. The molecule has 0 atom stereocenters. The summed E-state index contributed by atoms with van der Waals surface area (Å²) in [7, 11) is -3.59. The second-order valence-electron chi connectivity index (χ2n) is 5.23. The average molecular weight is 337 g/mol. The molecule has 3 aromatic rings. The van der Waals surface area contributed by atoms with Gasteiger partial charge in [0.1, 0.15) is 0 Å². The predicted octanol–water partition coefficient (Wildman–Crippen LogP) is 3.55. The van der Waals surface area contributed by atoms with Crippen LogP contribution in [0.25, 0.3) is 11.3 Å². The Labute approximate surface area is 140 Å². The Morgan fingerprint density at radius 1 is 0.958 bits per heavy atom. The lowest BCUT2D eigenvalue weighted by atomic mass is 10.1. The molecule has 0 bridgehead atoms. The summed E-state index contributed by atoms with van der Waals surface area (Å²) in [6.07, 6.45) is 0.328. The molecule has 0 radical (unpaired) electrons. The standard InChI is InChI=1S/C18H15N3O2S/c19-13-12-15-10-11-18(20-15)14-6-8-16(9-7-14)21-24(22,23)17-4-2-1-3-5-17/h1-11,20-21H,12H2. The van der Waals surface area contributed by atoms with Gasteiger partial charge in [0.05, 0.1) is 17.4 Å². The number of hydrogen-bond donors (Lipinski definition) is 2. The summed E-state index contributed by atoms with van der Waals surface area (Å²) < 4.78 is 27.1. The molecule has 0 aliphatic heterocycles. The Kier molecular flexibility index (Phi) is 4.36. The van der Waals surface area contributed by atoms with E-state index in [2.05, 4.69) is 15.8 Å². The average Bonchev–Trinajstić information content (AvgIpc) is 3.05. The van der Waals surface area contributed by atoms with Gasteiger partial charge in [-0.1, -0.05) is 30.3 Å². The molecule has 24 heavy (non-hydrogen) atoms. The van der Waals surface area contributed by atoms with Gasteiger partial charge in [0.25, 0.3) is 10.0 Å². The Hall–Kier alpha value is -3.04. The molecule has 5 nitrogen and oxygen atoms in total. The van der Waals surface area contributed by atoms with Crippen molar-refractivity contribution in [1.82, 2.24) is 4.98 Å². The zero-order valence-corrected chi connectivity index (χ0v) is 13.5. The fourth-order valence-electron chi connectivity index (χ4n) is 2.33. The summed E-state index contributed by atoms with van der Waals surface area (Å²) >= 11 is 0. The molecule has 0 amide bonds. The highest BCUT2D eigenvalue weighted by Crippen LogP contribution is 2.22. The molecule has 120 valence electrons. The van der Waals surface area contributed by atoms with Crippen molar-refractivity contribution in [3.05, 3.63) is 72.4 Å². The van der Waals surface area contributed by atoms with Crippen molar-refractivity contribution in [1.29, 1.82) is 5.26 Å². The normalized spacial score (nSPS) is 11.0. The highest BCUT2D eigenvalue weighted by Gasteiger charge is 2.13. The Balaban J connectivity index is 1.78. The number of sulfonamides is 1. The van der Waals surface area contributed by atoms with Crippen LogP contribution in [0.1, 0.15) is 5.69 Å². The third kappa shape index (κ3) is 3.47. The maximum absolute atomic E-state index is 12.3. The predicted molar refractivity (Wildman–Crippen MR) is 92.8 cm³/mol. The first-order valence-corrected chi connectivity index (χ1v) is 8.80. The largest absolute Gasteiger partial charge is 0.358 e. The number of anilines is 1. The van der Waals surface area contributed by atoms with Gasteiger partial charge in [0.2, 0.25) is 0 Å². The molecule has 3 rings (SSSR count). The van der Waals surface area contributed by atoms with Crippen LogP contribution in [-0.4, -0.2) is 13.4 Å². The topological polar surface area (TPSA) is 85.8 Å². The first-order valence-electron chi connectivity index (χ1n) is 7.32. The van der Waals surface area contributed by atoms with Crippen LogP contribution in [-0.2, 0) is 16.4 Å². The molecule has 0 aliphatic rings. The van der Waals surface area contributed by atoms with Gasteiger partial charge in [-0.05, 0) is 42.0 Å². The molecule has 0 saturated heterocycles. The second-order valence-corrected chi connectivity index (χ2v) is 6.91. The van der Waals surface area contributed by atoms with E-state index in [-0.39, 0.29) is 4.90 Å². The number of benzene rings is 2. The minimum Gasteiger partial charge on any atom is -0.358 e. The van der Waals surface area contributed by atoms with Gasteiger partial charge in [-0.3, -0.25) is 4.72 Å². The first-order chi connectivity index (χ1) is 11.6. The molecule has 0 unspecified atom stereocenters. The quantitative estimate of drug-likeness (QED) is 0.746. The Morgan fingerprint density at radius 3 is 2.33 bits per heavy atom. The molecule has 6 heteroatoms. The van der Waals surface area contributed by atoms with Crippen molar-refractivity contribution in [2.75, 3.05) is 4.72 Å². The molecule has 0 fully saturated rings. The molecule has 0 saturated carbocycles. The van der Waals surface area contributed by atoms with Crippen LogP contribution in [0.4, 0.5) is 5.69 Å². The Bertz CT molecular complexity index is 969. The van der Waals surface area contributed by atoms with Crippen molar-refractivity contribution in [3.63, 3.8) is 0 Å². The zero-order valence-electron chi connectivity index (χ0n) is 12.7. The lowest BCUT2D eigenvalue weighted by Crippen LogP contribution is -2.12. The highest BCUT2D eigenvalue weighted by atomic mass is 32.2. The fourth-order valence-corrected chi connectivity index (χ4v) is 3.41. The maximum Gasteiger partial charge on any atom is 0.261 e. The van der Waals surface area contributed by atoms with E-state index in [9.17, 15) is 8.42 Å². The lowest BCUT2D eigenvalue weighted by molar-refractivity contribution is 0.601. The molecule has 0 spiro atoms. The SMILES string of the molecule is N#CCc1ccc(-c2ccc(NS(=O)(=O)c3ccccc3)cc2)[nH]1. The third-order valence-electron chi connectivity index (χ3n) is 3.52. The van der Waals surface area contributed by atoms with Gasteiger partial charge in [0.15, 0.2) is 0 Å². The number of nitriles is 1. The van der Waals surface area contributed by atoms with Gasteiger partial charge < -0.3 is 4.98 Å². The fraction of sp³-hybridized carbons (Fsp3) is 0.0556. The van der Waals surface area contributed by atoms with Crippen molar-refractivity contribution < 1.29 is 8.42 Å². The monoisotopic (exact) mass is 337 g/mol. The lowest BCUT2D eigenvalue weighted by Gasteiger charge is -2.08. The number of nitrogens with one attached hydrogen (secondary N) is 2. The number of H-pyrrole nitrogens is 1. The van der Waals surface area contributed by atoms with Crippen LogP contribution >= 0.6 is 0 Å². The van der Waals surface area contributed by atoms with E-state index < -0.39 is 10.0 Å². The van der Waals surface area contributed by atoms with Gasteiger partial charge in [-0.25, -0.2) is 8.42 Å². The van der Waals surface area contributed by atoms with Gasteiger partial charge >= 0.3 is 0 Å². The molecule has 1 heterocycles. The number of aromatic nitrogens is 1. The summed E-state index contributed by atoms with van der Waals surface area (Å²) in [6, 6.07) is 21.2. The van der Waals surface area contributed by atoms with E-state index in [1.54, 1.807) is 42.5 Å². The smallest absolute Gasteiger partial charge is 0.261 e. The minimum absolute atomic E-state index is 0.222.